The lowest BCUT2D eigenvalue weighted by Crippen LogP contribution is -2.31. The summed E-state index contributed by atoms with van der Waals surface area (Å²) in [6.45, 7) is 1.24. The van der Waals surface area contributed by atoms with Gasteiger partial charge >= 0.3 is 17.9 Å². The Hall–Kier alpha value is -3.39. The molecule has 0 fully saturated rings. The fourth-order valence-electron chi connectivity index (χ4n) is 2.98. The van der Waals surface area contributed by atoms with Crippen molar-refractivity contribution < 1.29 is 28.6 Å². The average molecular weight is 431 g/mol. The minimum absolute atomic E-state index is 0.0251. The molecule has 0 spiro atoms. The molecular weight excluding hydrogens is 412 g/mol. The summed E-state index contributed by atoms with van der Waals surface area (Å²) in [6, 6.07) is 9.92. The molecule has 0 bridgehead atoms. The molecule has 3 rings (SSSR count). The van der Waals surface area contributed by atoms with Crippen LogP contribution in [0.15, 0.2) is 42.6 Å². The number of aromatic nitrogens is 2. The van der Waals surface area contributed by atoms with E-state index in [0.717, 1.165) is 0 Å². The van der Waals surface area contributed by atoms with E-state index in [0.29, 0.717) is 32.6 Å². The van der Waals surface area contributed by atoms with Crippen LogP contribution in [0.3, 0.4) is 0 Å². The number of H-pyrrole nitrogens is 1. The molecule has 3 aromatic rings. The number of hydrogen-bond donors (Lipinski definition) is 1. The van der Waals surface area contributed by atoms with Crippen molar-refractivity contribution in [2.45, 2.75) is 26.1 Å². The number of rotatable bonds is 7. The maximum atomic E-state index is 12.5. The van der Waals surface area contributed by atoms with Gasteiger partial charge in [-0.2, -0.15) is 5.10 Å². The molecule has 1 aromatic heterocycles. The van der Waals surface area contributed by atoms with Crippen LogP contribution in [0.25, 0.3) is 10.9 Å². The van der Waals surface area contributed by atoms with E-state index in [-0.39, 0.29) is 13.0 Å². The molecule has 1 atom stereocenters. The largest absolute Gasteiger partial charge is 0.466 e. The van der Waals surface area contributed by atoms with Gasteiger partial charge in [0, 0.05) is 24.3 Å². The molecule has 1 N–H and O–H groups in total. The van der Waals surface area contributed by atoms with E-state index in [4.69, 9.17) is 25.8 Å². The van der Waals surface area contributed by atoms with Crippen LogP contribution in [0.5, 0.6) is 0 Å². The Morgan fingerprint density at radius 1 is 1.20 bits per heavy atom. The van der Waals surface area contributed by atoms with Crippen molar-refractivity contribution in [2.75, 3.05) is 7.11 Å². The lowest BCUT2D eigenvalue weighted by Gasteiger charge is -2.18. The fraction of sp³-hybridized carbons (Fsp3) is 0.238. The Labute approximate surface area is 177 Å². The van der Waals surface area contributed by atoms with Crippen molar-refractivity contribution >= 4 is 40.4 Å². The average Bonchev–Trinajstić information content (AvgIpc) is 3.23. The molecule has 1 heterocycles. The van der Waals surface area contributed by atoms with E-state index in [1.807, 2.05) is 0 Å². The maximum absolute atomic E-state index is 12.5. The van der Waals surface area contributed by atoms with Gasteiger partial charge in [-0.3, -0.25) is 9.89 Å². The van der Waals surface area contributed by atoms with E-state index >= 15 is 0 Å². The second-order valence-electron chi connectivity index (χ2n) is 6.42. The van der Waals surface area contributed by atoms with Gasteiger partial charge in [-0.05, 0) is 23.8 Å². The first-order valence-electron chi connectivity index (χ1n) is 9.01. The summed E-state index contributed by atoms with van der Waals surface area (Å²) < 4.78 is 15.4. The number of carbonyl (C=O) groups excluding carboxylic acids is 3. The SMILES string of the molecule is COC(=O)[C@@H](Cc1cc(Cl)c2[nH]ncc2c1COC(C)=O)OC(=O)c1ccccc1. The maximum Gasteiger partial charge on any atom is 0.347 e. The summed E-state index contributed by atoms with van der Waals surface area (Å²) >= 11 is 6.33. The molecule has 2 aromatic carbocycles. The number of hydrogen-bond acceptors (Lipinski definition) is 7. The molecule has 0 aliphatic rings. The van der Waals surface area contributed by atoms with Gasteiger partial charge in [-0.25, -0.2) is 9.59 Å². The quantitative estimate of drug-likeness (QED) is 0.453. The standard InChI is InChI=1S/C21H19ClN2O6/c1-12(25)29-11-16-14(8-17(22)19-15(16)10-23-24-19)9-18(21(27)28-2)30-20(26)13-6-4-3-5-7-13/h3-8,10,18H,9,11H2,1-2H3,(H,23,24)/t18-/m1/s1. The molecule has 0 amide bonds. The number of aromatic amines is 1. The number of fused-ring (bicyclic) bond motifs is 1. The minimum Gasteiger partial charge on any atom is -0.466 e. The molecule has 156 valence electrons. The van der Waals surface area contributed by atoms with Crippen LogP contribution < -0.4 is 0 Å². The molecule has 0 saturated carbocycles. The van der Waals surface area contributed by atoms with E-state index in [2.05, 4.69) is 10.2 Å². The first-order chi connectivity index (χ1) is 14.4. The van der Waals surface area contributed by atoms with Crippen LogP contribution in [-0.4, -0.2) is 41.3 Å². The summed E-state index contributed by atoms with van der Waals surface area (Å²) in [7, 11) is 1.21. The smallest absolute Gasteiger partial charge is 0.347 e. The first-order valence-corrected chi connectivity index (χ1v) is 9.39. The third-order valence-corrected chi connectivity index (χ3v) is 4.74. The van der Waals surface area contributed by atoms with Crippen LogP contribution in [0.2, 0.25) is 5.02 Å². The molecule has 30 heavy (non-hydrogen) atoms. The predicted octanol–water partition coefficient (Wildman–Crippen LogP) is 3.22. The summed E-state index contributed by atoms with van der Waals surface area (Å²) in [5.41, 5.74) is 2.03. The normalized spacial score (nSPS) is 11.7. The van der Waals surface area contributed by atoms with Crippen LogP contribution >= 0.6 is 11.6 Å². The van der Waals surface area contributed by atoms with Crippen LogP contribution in [0, 0.1) is 0 Å². The fourth-order valence-corrected chi connectivity index (χ4v) is 3.26. The summed E-state index contributed by atoms with van der Waals surface area (Å²) in [6.07, 6.45) is 0.300. The number of nitrogens with one attached hydrogen (secondary N) is 1. The zero-order chi connectivity index (χ0) is 21.7. The number of esters is 3. The molecule has 9 heteroatoms. The Kier molecular flexibility index (Phi) is 6.68. The highest BCUT2D eigenvalue weighted by molar-refractivity contribution is 6.35. The monoisotopic (exact) mass is 430 g/mol. The zero-order valence-corrected chi connectivity index (χ0v) is 17.1. The van der Waals surface area contributed by atoms with E-state index in [1.165, 1.54) is 14.0 Å². The molecule has 0 saturated heterocycles. The highest BCUT2D eigenvalue weighted by atomic mass is 35.5. The summed E-state index contributed by atoms with van der Waals surface area (Å²) in [4.78, 5) is 36.1. The number of ether oxygens (including phenoxy) is 3. The molecule has 0 aliphatic carbocycles. The van der Waals surface area contributed by atoms with Crippen molar-refractivity contribution in [3.05, 3.63) is 64.3 Å². The van der Waals surface area contributed by atoms with Gasteiger partial charge in [0.1, 0.15) is 6.61 Å². The lowest BCUT2D eigenvalue weighted by atomic mass is 9.98. The third kappa shape index (κ3) is 4.77. The van der Waals surface area contributed by atoms with Crippen LogP contribution in [0.1, 0.15) is 28.4 Å². The van der Waals surface area contributed by atoms with Gasteiger partial charge in [0.05, 0.1) is 29.4 Å². The highest BCUT2D eigenvalue weighted by Gasteiger charge is 2.27. The number of benzene rings is 2. The molecule has 0 radical (unpaired) electrons. The van der Waals surface area contributed by atoms with Crippen molar-refractivity contribution in [2.24, 2.45) is 0 Å². The molecule has 0 unspecified atom stereocenters. The Morgan fingerprint density at radius 3 is 2.60 bits per heavy atom. The molecular formula is C21H19ClN2O6. The second kappa shape index (κ2) is 9.41. The number of halogens is 1. The van der Waals surface area contributed by atoms with Gasteiger partial charge in [-0.15, -0.1) is 0 Å². The first kappa shape index (κ1) is 21.3. The minimum atomic E-state index is -1.22. The van der Waals surface area contributed by atoms with Crippen molar-refractivity contribution in [3.63, 3.8) is 0 Å². The van der Waals surface area contributed by atoms with E-state index in [1.54, 1.807) is 42.6 Å². The van der Waals surface area contributed by atoms with Gasteiger partial charge in [0.25, 0.3) is 0 Å². The van der Waals surface area contributed by atoms with Crippen molar-refractivity contribution in [3.8, 4) is 0 Å². The van der Waals surface area contributed by atoms with E-state index < -0.39 is 24.0 Å². The van der Waals surface area contributed by atoms with Gasteiger partial charge < -0.3 is 14.2 Å². The van der Waals surface area contributed by atoms with E-state index in [9.17, 15) is 14.4 Å². The zero-order valence-electron chi connectivity index (χ0n) is 16.3. The topological polar surface area (TPSA) is 108 Å². The molecule has 8 nitrogen and oxygen atoms in total. The summed E-state index contributed by atoms with van der Waals surface area (Å²) in [5.74, 6) is -1.85. The lowest BCUT2D eigenvalue weighted by molar-refractivity contribution is -0.151. The van der Waals surface area contributed by atoms with Crippen molar-refractivity contribution in [1.82, 2.24) is 10.2 Å². The predicted molar refractivity (Wildman–Crippen MR) is 108 cm³/mol. The Bertz CT molecular complexity index is 1080. The van der Waals surface area contributed by atoms with Gasteiger partial charge in [0.15, 0.2) is 0 Å². The van der Waals surface area contributed by atoms with Gasteiger partial charge in [-0.1, -0.05) is 29.8 Å². The Balaban J connectivity index is 1.95. The number of nitrogens with zero attached hydrogens (tertiary/aromatic N) is 1. The summed E-state index contributed by atoms with van der Waals surface area (Å²) in [5, 5.41) is 7.77. The van der Waals surface area contributed by atoms with Crippen molar-refractivity contribution in [1.29, 1.82) is 0 Å². The van der Waals surface area contributed by atoms with Gasteiger partial charge in [0.2, 0.25) is 6.10 Å². The Morgan fingerprint density at radius 2 is 1.93 bits per heavy atom. The number of methoxy groups -OCH3 is 1. The van der Waals surface area contributed by atoms with Crippen LogP contribution in [-0.2, 0) is 36.8 Å². The third-order valence-electron chi connectivity index (χ3n) is 4.44. The number of carbonyl (C=O) groups is 3. The second-order valence-corrected chi connectivity index (χ2v) is 6.83. The molecule has 0 aliphatic heterocycles. The highest BCUT2D eigenvalue weighted by Crippen LogP contribution is 2.30. The van der Waals surface area contributed by atoms with Crippen LogP contribution in [0.4, 0.5) is 0 Å².